The molecule has 0 fully saturated rings. The second kappa shape index (κ2) is 7.27. The molecule has 0 aliphatic heterocycles. The van der Waals surface area contributed by atoms with Crippen molar-refractivity contribution in [3.8, 4) is 11.5 Å². The molecule has 0 spiro atoms. The lowest BCUT2D eigenvalue weighted by atomic mass is 10.2. The van der Waals surface area contributed by atoms with Crippen LogP contribution in [0.15, 0.2) is 54.6 Å². The van der Waals surface area contributed by atoms with Crippen LogP contribution < -0.4 is 10.1 Å². The van der Waals surface area contributed by atoms with E-state index < -0.39 is 0 Å². The van der Waals surface area contributed by atoms with Crippen LogP contribution in [0.3, 0.4) is 0 Å². The summed E-state index contributed by atoms with van der Waals surface area (Å²) in [6.45, 7) is 4.44. The van der Waals surface area contributed by atoms with Crippen LogP contribution >= 0.6 is 11.3 Å². The Morgan fingerprint density at radius 3 is 2.54 bits per heavy atom. The van der Waals surface area contributed by atoms with Gasteiger partial charge in [0, 0.05) is 10.4 Å². The number of hydrogen-bond acceptors (Lipinski definition) is 4. The highest BCUT2D eigenvalue weighted by Gasteiger charge is 2.09. The van der Waals surface area contributed by atoms with Gasteiger partial charge in [0.05, 0.1) is 12.2 Å². The van der Waals surface area contributed by atoms with Crippen molar-refractivity contribution in [2.45, 2.75) is 20.4 Å². The molecule has 3 rings (SSSR count). The summed E-state index contributed by atoms with van der Waals surface area (Å²) in [6, 6.07) is 16.6. The first-order chi connectivity index (χ1) is 11.6. The molecule has 0 unspecified atom stereocenters. The molecule has 1 amide bonds. The Balaban J connectivity index is 1.65. The Hall–Kier alpha value is -2.66. The van der Waals surface area contributed by atoms with Crippen LogP contribution in [0, 0.1) is 13.8 Å². The van der Waals surface area contributed by atoms with Gasteiger partial charge in [-0.2, -0.15) is 0 Å². The number of nitrogens with zero attached hydrogens (tertiary/aromatic N) is 1. The van der Waals surface area contributed by atoms with E-state index in [2.05, 4.69) is 10.3 Å². The van der Waals surface area contributed by atoms with Crippen molar-refractivity contribution in [2.24, 2.45) is 0 Å². The van der Waals surface area contributed by atoms with Crippen LogP contribution in [0.25, 0.3) is 0 Å². The maximum atomic E-state index is 12.3. The molecular weight excluding hydrogens is 320 g/mol. The van der Waals surface area contributed by atoms with Crippen LogP contribution in [0.4, 0.5) is 0 Å². The smallest absolute Gasteiger partial charge is 0.251 e. The van der Waals surface area contributed by atoms with Gasteiger partial charge in [0.1, 0.15) is 16.5 Å². The van der Waals surface area contributed by atoms with Gasteiger partial charge in [0.15, 0.2) is 0 Å². The zero-order chi connectivity index (χ0) is 16.9. The fourth-order valence-electron chi connectivity index (χ4n) is 2.20. The molecule has 0 atom stereocenters. The monoisotopic (exact) mass is 338 g/mol. The summed E-state index contributed by atoms with van der Waals surface area (Å²) < 4.78 is 5.76. The molecule has 2 aromatic carbocycles. The Morgan fingerprint density at radius 1 is 1.08 bits per heavy atom. The summed E-state index contributed by atoms with van der Waals surface area (Å²) in [6.07, 6.45) is 0. The molecule has 1 N–H and O–H groups in total. The molecule has 3 aromatic rings. The number of hydrogen-bond donors (Lipinski definition) is 1. The molecule has 0 saturated heterocycles. The maximum absolute atomic E-state index is 12.3. The van der Waals surface area contributed by atoms with Crippen LogP contribution in [0.1, 0.15) is 25.9 Å². The predicted molar refractivity (Wildman–Crippen MR) is 95.7 cm³/mol. The number of amides is 1. The van der Waals surface area contributed by atoms with Crippen molar-refractivity contribution in [1.29, 1.82) is 0 Å². The number of carbonyl (C=O) groups is 1. The molecule has 0 aliphatic rings. The number of aromatic nitrogens is 1. The van der Waals surface area contributed by atoms with Gasteiger partial charge < -0.3 is 10.1 Å². The van der Waals surface area contributed by atoms with E-state index in [0.29, 0.717) is 17.9 Å². The summed E-state index contributed by atoms with van der Waals surface area (Å²) in [4.78, 5) is 17.9. The highest BCUT2D eigenvalue weighted by Crippen LogP contribution is 2.22. The third-order valence-corrected chi connectivity index (χ3v) is 4.62. The lowest BCUT2D eigenvalue weighted by Gasteiger charge is -2.08. The fraction of sp³-hybridized carbons (Fsp3) is 0.158. The largest absolute Gasteiger partial charge is 0.457 e. The Bertz CT molecular complexity index is 824. The Kier molecular flexibility index (Phi) is 4.91. The van der Waals surface area contributed by atoms with E-state index in [1.54, 1.807) is 23.5 Å². The Labute approximate surface area is 145 Å². The van der Waals surface area contributed by atoms with E-state index in [1.807, 2.05) is 56.3 Å². The second-order valence-corrected chi connectivity index (χ2v) is 6.66. The van der Waals surface area contributed by atoms with Gasteiger partial charge in [-0.05, 0) is 44.2 Å². The van der Waals surface area contributed by atoms with Crippen molar-refractivity contribution < 1.29 is 9.53 Å². The number of carbonyl (C=O) groups excluding carboxylic acids is 1. The van der Waals surface area contributed by atoms with Crippen molar-refractivity contribution in [2.75, 3.05) is 0 Å². The van der Waals surface area contributed by atoms with E-state index >= 15 is 0 Å². The normalized spacial score (nSPS) is 10.4. The van der Waals surface area contributed by atoms with E-state index in [0.717, 1.165) is 16.5 Å². The van der Waals surface area contributed by atoms with Gasteiger partial charge in [-0.1, -0.05) is 24.3 Å². The number of aryl methyl sites for hydroxylation is 2. The van der Waals surface area contributed by atoms with Crippen LogP contribution in [0.2, 0.25) is 0 Å². The average Bonchev–Trinajstić information content (AvgIpc) is 2.92. The van der Waals surface area contributed by atoms with Crippen LogP contribution in [0.5, 0.6) is 11.5 Å². The fourth-order valence-corrected chi connectivity index (χ4v) is 3.07. The minimum atomic E-state index is -0.140. The van der Waals surface area contributed by atoms with Gasteiger partial charge in [0.2, 0.25) is 0 Å². The van der Waals surface area contributed by atoms with Crippen LogP contribution in [-0.4, -0.2) is 10.9 Å². The van der Waals surface area contributed by atoms with Gasteiger partial charge in [-0.15, -0.1) is 11.3 Å². The highest BCUT2D eigenvalue weighted by atomic mass is 32.1. The minimum absolute atomic E-state index is 0.140. The number of rotatable bonds is 5. The number of nitrogens with one attached hydrogen (secondary N) is 1. The molecule has 0 radical (unpaired) electrons. The first-order valence-electron chi connectivity index (χ1n) is 7.66. The molecule has 4 nitrogen and oxygen atoms in total. The topological polar surface area (TPSA) is 51.2 Å². The first-order valence-corrected chi connectivity index (χ1v) is 8.47. The summed E-state index contributed by atoms with van der Waals surface area (Å²) in [5.74, 6) is 1.23. The maximum Gasteiger partial charge on any atom is 0.251 e. The molecular formula is C19H18N2O2S. The summed E-state index contributed by atoms with van der Waals surface area (Å²) >= 11 is 1.61. The minimum Gasteiger partial charge on any atom is -0.457 e. The van der Waals surface area contributed by atoms with Gasteiger partial charge in [-0.25, -0.2) is 4.98 Å². The molecule has 122 valence electrons. The highest BCUT2D eigenvalue weighted by molar-refractivity contribution is 7.11. The molecule has 0 aliphatic carbocycles. The first kappa shape index (κ1) is 16.2. The third kappa shape index (κ3) is 4.00. The number of ether oxygens (including phenoxy) is 1. The molecule has 1 aromatic heterocycles. The predicted octanol–water partition coefficient (Wildman–Crippen LogP) is 4.48. The van der Waals surface area contributed by atoms with Crippen molar-refractivity contribution in [1.82, 2.24) is 10.3 Å². The summed E-state index contributed by atoms with van der Waals surface area (Å²) in [5.41, 5.74) is 1.58. The average molecular weight is 338 g/mol. The second-order valence-electron chi connectivity index (χ2n) is 5.37. The van der Waals surface area contributed by atoms with Crippen molar-refractivity contribution >= 4 is 17.2 Å². The van der Waals surface area contributed by atoms with E-state index in [1.165, 1.54) is 4.88 Å². The zero-order valence-corrected chi connectivity index (χ0v) is 14.4. The molecule has 0 bridgehead atoms. The summed E-state index contributed by atoms with van der Waals surface area (Å²) in [7, 11) is 0. The molecule has 0 saturated carbocycles. The quantitative estimate of drug-likeness (QED) is 0.746. The van der Waals surface area contributed by atoms with Gasteiger partial charge in [-0.3, -0.25) is 4.79 Å². The Morgan fingerprint density at radius 2 is 1.83 bits per heavy atom. The van der Waals surface area contributed by atoms with E-state index in [9.17, 15) is 4.79 Å². The standard InChI is InChI=1S/C19H18N2O2S/c1-13-14(2)24-18(21-13)12-20-19(22)15-7-6-10-17(11-15)23-16-8-4-3-5-9-16/h3-11H,12H2,1-2H3,(H,20,22). The van der Waals surface area contributed by atoms with E-state index in [-0.39, 0.29) is 5.91 Å². The van der Waals surface area contributed by atoms with Crippen molar-refractivity contribution in [3.05, 3.63) is 75.7 Å². The van der Waals surface area contributed by atoms with Gasteiger partial charge in [0.25, 0.3) is 5.91 Å². The van der Waals surface area contributed by atoms with E-state index in [4.69, 9.17) is 4.74 Å². The molecule has 1 heterocycles. The number of para-hydroxylation sites is 1. The van der Waals surface area contributed by atoms with Crippen molar-refractivity contribution in [3.63, 3.8) is 0 Å². The van der Waals surface area contributed by atoms with Crippen LogP contribution in [-0.2, 0) is 6.54 Å². The summed E-state index contributed by atoms with van der Waals surface area (Å²) in [5, 5.41) is 3.81. The zero-order valence-electron chi connectivity index (χ0n) is 13.6. The lowest BCUT2D eigenvalue weighted by Crippen LogP contribution is -2.22. The van der Waals surface area contributed by atoms with Gasteiger partial charge >= 0.3 is 0 Å². The lowest BCUT2D eigenvalue weighted by molar-refractivity contribution is 0.0950. The number of thiazole rings is 1. The molecule has 5 heteroatoms. The molecule has 24 heavy (non-hydrogen) atoms. The SMILES string of the molecule is Cc1nc(CNC(=O)c2cccc(Oc3ccccc3)c2)sc1C. The number of benzene rings is 2. The third-order valence-electron chi connectivity index (χ3n) is 3.55.